The molecule has 1 aliphatic heterocycles. The van der Waals surface area contributed by atoms with E-state index in [9.17, 15) is 0 Å². The number of rotatable bonds is 1. The fraction of sp³-hybridized carbons (Fsp3) is 0.417. The number of hydrogen-bond acceptors (Lipinski definition) is 1. The van der Waals surface area contributed by atoms with Gasteiger partial charge in [-0.15, -0.1) is 0 Å². The van der Waals surface area contributed by atoms with Crippen molar-refractivity contribution >= 4 is 5.69 Å². The lowest BCUT2D eigenvalue weighted by atomic mass is 9.90. The van der Waals surface area contributed by atoms with E-state index in [1.165, 1.54) is 5.56 Å². The lowest BCUT2D eigenvalue weighted by Gasteiger charge is -2.13. The fourth-order valence-electron chi connectivity index (χ4n) is 1.88. The Morgan fingerprint density at radius 3 is 2.50 bits per heavy atom. The van der Waals surface area contributed by atoms with Crippen LogP contribution in [0.25, 0.3) is 4.85 Å². The predicted molar refractivity (Wildman–Crippen MR) is 55.4 cm³/mol. The normalized spacial score (nSPS) is 26.0. The Morgan fingerprint density at radius 1 is 1.29 bits per heavy atom. The molecule has 0 amide bonds. The second-order valence-electron chi connectivity index (χ2n) is 3.82. The quantitative estimate of drug-likeness (QED) is 0.616. The largest absolute Gasteiger partial charge is 0.381 e. The van der Waals surface area contributed by atoms with Gasteiger partial charge in [-0.3, -0.25) is 0 Å². The van der Waals surface area contributed by atoms with Crippen molar-refractivity contribution in [3.05, 3.63) is 41.2 Å². The smallest absolute Gasteiger partial charge is 0.187 e. The molecule has 2 atom stereocenters. The summed E-state index contributed by atoms with van der Waals surface area (Å²) in [4.78, 5) is 3.38. The number of nitrogens with zero attached hydrogens (tertiary/aromatic N) is 1. The first-order chi connectivity index (χ1) is 6.81. The monoisotopic (exact) mass is 187 g/mol. The van der Waals surface area contributed by atoms with Crippen LogP contribution < -0.4 is 0 Å². The van der Waals surface area contributed by atoms with Gasteiger partial charge < -0.3 is 4.74 Å². The minimum atomic E-state index is 0.509. The maximum absolute atomic E-state index is 6.86. The predicted octanol–water partition coefficient (Wildman–Crippen LogP) is 2.99. The Kier molecular flexibility index (Phi) is 2.51. The highest BCUT2D eigenvalue weighted by molar-refractivity contribution is 5.46. The van der Waals surface area contributed by atoms with E-state index in [1.807, 2.05) is 24.3 Å². The topological polar surface area (TPSA) is 13.6 Å². The molecule has 1 aromatic rings. The molecule has 14 heavy (non-hydrogen) atoms. The Balaban J connectivity index is 2.21. The molecular weight excluding hydrogens is 174 g/mol. The zero-order valence-electron chi connectivity index (χ0n) is 8.23. The molecule has 1 aromatic carbocycles. The zero-order valence-corrected chi connectivity index (χ0v) is 8.23. The van der Waals surface area contributed by atoms with Gasteiger partial charge in [-0.05, 0) is 11.5 Å². The van der Waals surface area contributed by atoms with Crippen molar-refractivity contribution in [2.75, 3.05) is 13.2 Å². The van der Waals surface area contributed by atoms with Gasteiger partial charge >= 0.3 is 0 Å². The molecule has 2 nitrogen and oxygen atoms in total. The van der Waals surface area contributed by atoms with Crippen LogP contribution in [0.15, 0.2) is 24.3 Å². The molecule has 0 radical (unpaired) electrons. The van der Waals surface area contributed by atoms with E-state index < -0.39 is 0 Å². The van der Waals surface area contributed by atoms with Gasteiger partial charge in [-0.1, -0.05) is 31.2 Å². The minimum Gasteiger partial charge on any atom is -0.381 e. The molecule has 0 aliphatic carbocycles. The second kappa shape index (κ2) is 3.81. The van der Waals surface area contributed by atoms with Crippen LogP contribution in [-0.2, 0) is 4.74 Å². The van der Waals surface area contributed by atoms with Crippen molar-refractivity contribution in [3.8, 4) is 0 Å². The molecular formula is C12H13NO. The van der Waals surface area contributed by atoms with Gasteiger partial charge in [0.1, 0.15) is 0 Å². The standard InChI is InChI=1S/C12H13NO/c1-9-7-14-8-12(9)10-3-5-11(13-2)6-4-10/h3-6,9,12H,7-8H2,1H3/t9-,12+/m0/s1. The molecule has 0 aromatic heterocycles. The van der Waals surface area contributed by atoms with Crippen LogP contribution in [0, 0.1) is 12.5 Å². The van der Waals surface area contributed by atoms with Gasteiger partial charge in [0, 0.05) is 12.5 Å². The van der Waals surface area contributed by atoms with Gasteiger partial charge in [0.05, 0.1) is 13.2 Å². The van der Waals surface area contributed by atoms with Crippen molar-refractivity contribution < 1.29 is 4.74 Å². The Bertz CT molecular complexity index is 350. The third kappa shape index (κ3) is 1.64. The Hall–Kier alpha value is -1.33. The summed E-state index contributed by atoms with van der Waals surface area (Å²) < 4.78 is 5.42. The first-order valence-electron chi connectivity index (χ1n) is 4.86. The summed E-state index contributed by atoms with van der Waals surface area (Å²) in [5.74, 6) is 1.10. The van der Waals surface area contributed by atoms with Gasteiger partial charge in [-0.2, -0.15) is 0 Å². The average molecular weight is 187 g/mol. The van der Waals surface area contributed by atoms with Crippen LogP contribution in [0.1, 0.15) is 18.4 Å². The summed E-state index contributed by atoms with van der Waals surface area (Å²) in [5, 5.41) is 0. The second-order valence-corrected chi connectivity index (χ2v) is 3.82. The van der Waals surface area contributed by atoms with E-state index in [0.29, 0.717) is 17.5 Å². The van der Waals surface area contributed by atoms with Crippen molar-refractivity contribution in [1.29, 1.82) is 0 Å². The molecule has 72 valence electrons. The van der Waals surface area contributed by atoms with Crippen molar-refractivity contribution in [2.24, 2.45) is 5.92 Å². The van der Waals surface area contributed by atoms with Crippen LogP contribution in [0.3, 0.4) is 0 Å². The van der Waals surface area contributed by atoms with E-state index in [0.717, 1.165) is 13.2 Å². The summed E-state index contributed by atoms with van der Waals surface area (Å²) >= 11 is 0. The van der Waals surface area contributed by atoms with E-state index in [4.69, 9.17) is 11.3 Å². The van der Waals surface area contributed by atoms with Gasteiger partial charge in [-0.25, -0.2) is 4.85 Å². The number of hydrogen-bond donors (Lipinski definition) is 0. The summed E-state index contributed by atoms with van der Waals surface area (Å²) in [6, 6.07) is 7.85. The molecule has 0 unspecified atom stereocenters. The van der Waals surface area contributed by atoms with Crippen LogP contribution in [-0.4, -0.2) is 13.2 Å². The van der Waals surface area contributed by atoms with Crippen molar-refractivity contribution in [2.45, 2.75) is 12.8 Å². The number of benzene rings is 1. The van der Waals surface area contributed by atoms with Crippen LogP contribution in [0.2, 0.25) is 0 Å². The highest BCUT2D eigenvalue weighted by Gasteiger charge is 2.25. The summed E-state index contributed by atoms with van der Waals surface area (Å²) in [6.45, 7) is 10.7. The van der Waals surface area contributed by atoms with Gasteiger partial charge in [0.15, 0.2) is 5.69 Å². The summed E-state index contributed by atoms with van der Waals surface area (Å²) in [6.07, 6.45) is 0. The molecule has 0 N–H and O–H groups in total. The Morgan fingerprint density at radius 2 is 2.00 bits per heavy atom. The van der Waals surface area contributed by atoms with Crippen LogP contribution >= 0.6 is 0 Å². The molecule has 1 fully saturated rings. The van der Waals surface area contributed by atoms with Crippen LogP contribution in [0.4, 0.5) is 5.69 Å². The highest BCUT2D eigenvalue weighted by Crippen LogP contribution is 2.31. The molecule has 1 heterocycles. The molecule has 2 rings (SSSR count). The van der Waals surface area contributed by atoms with E-state index in [-0.39, 0.29) is 0 Å². The summed E-state index contributed by atoms with van der Waals surface area (Å²) in [7, 11) is 0. The summed E-state index contributed by atoms with van der Waals surface area (Å²) in [5.41, 5.74) is 2.00. The van der Waals surface area contributed by atoms with E-state index >= 15 is 0 Å². The van der Waals surface area contributed by atoms with Gasteiger partial charge in [0.2, 0.25) is 0 Å². The SMILES string of the molecule is [C-]#[N+]c1ccc([C@@H]2COC[C@@H]2C)cc1. The van der Waals surface area contributed by atoms with E-state index in [2.05, 4.69) is 11.8 Å². The van der Waals surface area contributed by atoms with Gasteiger partial charge in [0.25, 0.3) is 0 Å². The first kappa shape index (κ1) is 9.23. The number of ether oxygens (including phenoxy) is 1. The Labute approximate surface area is 84.3 Å². The maximum atomic E-state index is 6.86. The lowest BCUT2D eigenvalue weighted by molar-refractivity contribution is 0.186. The molecule has 2 heteroatoms. The molecule has 0 saturated carbocycles. The highest BCUT2D eigenvalue weighted by atomic mass is 16.5. The van der Waals surface area contributed by atoms with Crippen molar-refractivity contribution in [1.82, 2.24) is 0 Å². The third-order valence-corrected chi connectivity index (χ3v) is 2.82. The fourth-order valence-corrected chi connectivity index (χ4v) is 1.88. The lowest BCUT2D eigenvalue weighted by Crippen LogP contribution is -2.05. The first-order valence-corrected chi connectivity index (χ1v) is 4.86. The van der Waals surface area contributed by atoms with Crippen LogP contribution in [0.5, 0.6) is 0 Å². The maximum Gasteiger partial charge on any atom is 0.187 e. The molecule has 0 bridgehead atoms. The molecule has 1 aliphatic rings. The van der Waals surface area contributed by atoms with E-state index in [1.54, 1.807) is 0 Å². The average Bonchev–Trinajstić information content (AvgIpc) is 2.65. The third-order valence-electron chi connectivity index (χ3n) is 2.82. The zero-order chi connectivity index (χ0) is 9.97. The molecule has 0 spiro atoms. The molecule has 1 saturated heterocycles. The van der Waals surface area contributed by atoms with Crippen molar-refractivity contribution in [3.63, 3.8) is 0 Å². The minimum absolute atomic E-state index is 0.509.